The van der Waals surface area contributed by atoms with Gasteiger partial charge in [0.2, 0.25) is 0 Å². The lowest BCUT2D eigenvalue weighted by Crippen LogP contribution is -2.30. The molecule has 7 nitrogen and oxygen atoms in total. The van der Waals surface area contributed by atoms with Crippen LogP contribution < -0.4 is 19.5 Å². The molecular formula is C19H21NO6. The lowest BCUT2D eigenvalue weighted by Gasteiger charge is -2.11. The minimum absolute atomic E-state index is 0.109. The van der Waals surface area contributed by atoms with Crippen LogP contribution in [-0.4, -0.2) is 44.4 Å². The summed E-state index contributed by atoms with van der Waals surface area (Å²) in [5.41, 5.74) is 0.966. The summed E-state index contributed by atoms with van der Waals surface area (Å²) >= 11 is 0. The second kappa shape index (κ2) is 9.31. The van der Waals surface area contributed by atoms with Crippen LogP contribution in [0, 0.1) is 0 Å². The Morgan fingerprint density at radius 2 is 1.81 bits per heavy atom. The largest absolute Gasteiger partial charge is 0.497 e. The molecule has 0 aliphatic heterocycles. The molecule has 0 fully saturated rings. The molecule has 0 unspecified atom stereocenters. The van der Waals surface area contributed by atoms with E-state index in [4.69, 9.17) is 19.3 Å². The smallest absolute Gasteiger partial charge is 0.335 e. The van der Waals surface area contributed by atoms with E-state index in [0.29, 0.717) is 30.2 Å². The van der Waals surface area contributed by atoms with Crippen LogP contribution in [0.3, 0.4) is 0 Å². The predicted octanol–water partition coefficient (Wildman–Crippen LogP) is 2.14. The van der Waals surface area contributed by atoms with E-state index in [0.717, 1.165) is 5.56 Å². The minimum atomic E-state index is -1.02. The Labute approximate surface area is 151 Å². The van der Waals surface area contributed by atoms with Gasteiger partial charge < -0.3 is 24.6 Å². The highest BCUT2D eigenvalue weighted by molar-refractivity contribution is 5.88. The summed E-state index contributed by atoms with van der Waals surface area (Å²) in [6.45, 7) is 0.269. The third kappa shape index (κ3) is 5.41. The van der Waals surface area contributed by atoms with Crippen LogP contribution in [0.5, 0.6) is 17.2 Å². The molecule has 2 N–H and O–H groups in total. The van der Waals surface area contributed by atoms with Crippen molar-refractivity contribution in [3.63, 3.8) is 0 Å². The average Bonchev–Trinajstić information content (AvgIpc) is 2.66. The highest BCUT2D eigenvalue weighted by atomic mass is 16.5. The fraction of sp³-hybridized carbons (Fsp3) is 0.263. The zero-order valence-electron chi connectivity index (χ0n) is 14.7. The van der Waals surface area contributed by atoms with Gasteiger partial charge in [0.05, 0.1) is 19.8 Å². The molecule has 2 aromatic carbocycles. The van der Waals surface area contributed by atoms with Crippen LogP contribution in [0.4, 0.5) is 0 Å². The number of rotatable bonds is 9. The van der Waals surface area contributed by atoms with Crippen molar-refractivity contribution in [2.75, 3.05) is 27.4 Å². The molecule has 0 aliphatic carbocycles. The van der Waals surface area contributed by atoms with Crippen molar-refractivity contribution in [1.82, 2.24) is 5.32 Å². The van der Waals surface area contributed by atoms with Crippen molar-refractivity contribution in [1.29, 1.82) is 0 Å². The number of carbonyl (C=O) groups excluding carboxylic acids is 1. The molecule has 0 saturated carbocycles. The van der Waals surface area contributed by atoms with Gasteiger partial charge in [0.25, 0.3) is 5.91 Å². The number of benzene rings is 2. The molecular weight excluding hydrogens is 338 g/mol. The van der Waals surface area contributed by atoms with Crippen LogP contribution in [0.25, 0.3) is 0 Å². The molecule has 1 amide bonds. The first-order valence-corrected chi connectivity index (χ1v) is 7.97. The Balaban J connectivity index is 1.81. The van der Waals surface area contributed by atoms with Gasteiger partial charge in [-0.25, -0.2) is 4.79 Å². The molecule has 0 aromatic heterocycles. The van der Waals surface area contributed by atoms with Gasteiger partial charge in [-0.15, -0.1) is 0 Å². The van der Waals surface area contributed by atoms with E-state index < -0.39 is 5.97 Å². The molecule has 0 spiro atoms. The SMILES string of the molecule is COc1cccc(OCC(=O)NCCc2ccc(C(=O)O)cc2OC)c1. The molecule has 2 aromatic rings. The number of amides is 1. The number of methoxy groups -OCH3 is 2. The summed E-state index contributed by atoms with van der Waals surface area (Å²) in [6, 6.07) is 11.7. The normalized spacial score (nSPS) is 10.1. The summed E-state index contributed by atoms with van der Waals surface area (Å²) < 4.78 is 15.7. The number of hydrogen-bond donors (Lipinski definition) is 2. The third-order valence-electron chi connectivity index (χ3n) is 3.66. The number of ether oxygens (including phenoxy) is 3. The Kier molecular flexibility index (Phi) is 6.84. The third-order valence-corrected chi connectivity index (χ3v) is 3.66. The van der Waals surface area contributed by atoms with E-state index in [1.807, 2.05) is 0 Å². The topological polar surface area (TPSA) is 94.1 Å². The first-order chi connectivity index (χ1) is 12.5. The summed E-state index contributed by atoms with van der Waals surface area (Å²) in [5.74, 6) is 0.406. The number of aromatic carboxylic acids is 1. The maximum atomic E-state index is 11.9. The Morgan fingerprint density at radius 3 is 2.50 bits per heavy atom. The molecule has 0 aliphatic rings. The van der Waals surface area contributed by atoms with E-state index in [1.54, 1.807) is 37.4 Å². The van der Waals surface area contributed by atoms with Crippen LogP contribution in [0.2, 0.25) is 0 Å². The fourth-order valence-corrected chi connectivity index (χ4v) is 2.31. The van der Waals surface area contributed by atoms with E-state index in [-0.39, 0.29) is 18.1 Å². The zero-order valence-corrected chi connectivity index (χ0v) is 14.7. The van der Waals surface area contributed by atoms with Crippen molar-refractivity contribution in [3.8, 4) is 17.2 Å². The lowest BCUT2D eigenvalue weighted by atomic mass is 10.1. The highest BCUT2D eigenvalue weighted by Gasteiger charge is 2.10. The van der Waals surface area contributed by atoms with Gasteiger partial charge in [-0.3, -0.25) is 4.79 Å². The summed E-state index contributed by atoms with van der Waals surface area (Å²) in [5, 5.41) is 11.7. The Hall–Kier alpha value is -3.22. The molecule has 138 valence electrons. The van der Waals surface area contributed by atoms with E-state index in [1.165, 1.54) is 19.2 Å². The van der Waals surface area contributed by atoms with Gasteiger partial charge in [-0.05, 0) is 36.2 Å². The maximum absolute atomic E-state index is 11.9. The van der Waals surface area contributed by atoms with Gasteiger partial charge >= 0.3 is 5.97 Å². The quantitative estimate of drug-likeness (QED) is 0.712. The predicted molar refractivity (Wildman–Crippen MR) is 95.2 cm³/mol. The summed E-state index contributed by atoms with van der Waals surface area (Å²) in [6.07, 6.45) is 0.508. The lowest BCUT2D eigenvalue weighted by molar-refractivity contribution is -0.123. The van der Waals surface area contributed by atoms with E-state index in [2.05, 4.69) is 5.32 Å². The molecule has 0 radical (unpaired) electrons. The monoisotopic (exact) mass is 359 g/mol. The van der Waals surface area contributed by atoms with Crippen molar-refractivity contribution in [2.45, 2.75) is 6.42 Å². The Morgan fingerprint density at radius 1 is 1.04 bits per heavy atom. The molecule has 0 heterocycles. The summed E-state index contributed by atoms with van der Waals surface area (Å²) in [7, 11) is 3.04. The molecule has 26 heavy (non-hydrogen) atoms. The van der Waals surface area contributed by atoms with Gasteiger partial charge in [0, 0.05) is 12.6 Å². The first kappa shape index (κ1) is 19.1. The second-order valence-electron chi connectivity index (χ2n) is 5.40. The number of carboxylic acids is 1. The number of nitrogens with one attached hydrogen (secondary N) is 1. The van der Waals surface area contributed by atoms with Gasteiger partial charge in [-0.1, -0.05) is 12.1 Å². The fourth-order valence-electron chi connectivity index (χ4n) is 2.31. The maximum Gasteiger partial charge on any atom is 0.335 e. The number of carbonyl (C=O) groups is 2. The van der Waals surface area contributed by atoms with Crippen LogP contribution in [0.1, 0.15) is 15.9 Å². The van der Waals surface area contributed by atoms with Crippen LogP contribution in [0.15, 0.2) is 42.5 Å². The van der Waals surface area contributed by atoms with Gasteiger partial charge in [0.15, 0.2) is 6.61 Å². The number of carboxylic acid groups (broad SMARTS) is 1. The minimum Gasteiger partial charge on any atom is -0.497 e. The molecule has 0 atom stereocenters. The van der Waals surface area contributed by atoms with Crippen molar-refractivity contribution >= 4 is 11.9 Å². The van der Waals surface area contributed by atoms with Gasteiger partial charge in [0.1, 0.15) is 17.2 Å². The van der Waals surface area contributed by atoms with Crippen molar-refractivity contribution < 1.29 is 28.9 Å². The molecule has 7 heteroatoms. The van der Waals surface area contributed by atoms with Crippen LogP contribution >= 0.6 is 0 Å². The van der Waals surface area contributed by atoms with E-state index >= 15 is 0 Å². The Bertz CT molecular complexity index is 774. The zero-order chi connectivity index (χ0) is 18.9. The van der Waals surface area contributed by atoms with Crippen molar-refractivity contribution in [3.05, 3.63) is 53.6 Å². The van der Waals surface area contributed by atoms with E-state index in [9.17, 15) is 9.59 Å². The highest BCUT2D eigenvalue weighted by Crippen LogP contribution is 2.21. The second-order valence-corrected chi connectivity index (χ2v) is 5.40. The number of hydrogen-bond acceptors (Lipinski definition) is 5. The molecule has 0 saturated heterocycles. The molecule has 2 rings (SSSR count). The molecule has 0 bridgehead atoms. The summed E-state index contributed by atoms with van der Waals surface area (Å²) in [4.78, 5) is 22.9. The average molecular weight is 359 g/mol. The van der Waals surface area contributed by atoms with Crippen LogP contribution in [-0.2, 0) is 11.2 Å². The van der Waals surface area contributed by atoms with Gasteiger partial charge in [-0.2, -0.15) is 0 Å². The van der Waals surface area contributed by atoms with Crippen molar-refractivity contribution in [2.24, 2.45) is 0 Å². The first-order valence-electron chi connectivity index (χ1n) is 7.97. The standard InChI is InChI=1S/C19H21NO6/c1-24-15-4-3-5-16(11-15)26-12-18(21)20-9-8-13-6-7-14(19(22)23)10-17(13)25-2/h3-7,10-11H,8-9,12H2,1-2H3,(H,20,21)(H,22,23).